The largest absolute Gasteiger partial charge is 0.379 e. The van der Waals surface area contributed by atoms with Crippen molar-refractivity contribution < 1.29 is 13.9 Å². The third-order valence-electron chi connectivity index (χ3n) is 6.58. The Bertz CT molecular complexity index is 1140. The minimum atomic E-state index is -3.45. The molecule has 0 bridgehead atoms. The molecule has 6 heteroatoms. The van der Waals surface area contributed by atoms with Crippen LogP contribution in [0, 0.1) is 0 Å². The van der Waals surface area contributed by atoms with Crippen LogP contribution in [-0.4, -0.2) is 36.7 Å². The number of hydrogen-bond acceptors (Lipinski definition) is 4. The van der Waals surface area contributed by atoms with Crippen molar-refractivity contribution in [3.63, 3.8) is 0 Å². The highest BCUT2D eigenvalue weighted by atomic mass is 31.2. The molecule has 0 aromatic heterocycles. The van der Waals surface area contributed by atoms with Gasteiger partial charge in [0.1, 0.15) is 5.52 Å². The molecule has 0 saturated carbocycles. The van der Waals surface area contributed by atoms with E-state index in [0.717, 1.165) is 21.2 Å². The molecule has 1 saturated heterocycles. The van der Waals surface area contributed by atoms with Crippen LogP contribution in [0.4, 0.5) is 0 Å². The first-order valence-electron chi connectivity index (χ1n) is 11.9. The lowest BCUT2D eigenvalue weighted by Gasteiger charge is -2.43. The Hall–Kier alpha value is -2.74. The van der Waals surface area contributed by atoms with Gasteiger partial charge in [-0.15, -0.1) is 0 Å². The van der Waals surface area contributed by atoms with Crippen LogP contribution in [0.3, 0.4) is 0 Å². The maximum absolute atomic E-state index is 15.8. The molecule has 1 heterocycles. The van der Waals surface area contributed by atoms with Crippen molar-refractivity contribution in [2.75, 3.05) is 26.3 Å². The number of ether oxygens (including phenoxy) is 1. The van der Waals surface area contributed by atoms with Gasteiger partial charge in [-0.1, -0.05) is 121 Å². The van der Waals surface area contributed by atoms with E-state index >= 15 is 9.13 Å². The van der Waals surface area contributed by atoms with E-state index in [-0.39, 0.29) is 0 Å². The lowest BCUT2D eigenvalue weighted by atomic mass is 10.4. The molecular weight excluding hydrogens is 472 g/mol. The highest BCUT2D eigenvalue weighted by Crippen LogP contribution is 2.67. The third-order valence-corrected chi connectivity index (χ3v) is 14.7. The predicted molar refractivity (Wildman–Crippen MR) is 146 cm³/mol. The first-order chi connectivity index (χ1) is 17.1. The van der Waals surface area contributed by atoms with Gasteiger partial charge in [0.15, 0.2) is 14.3 Å². The second-order valence-electron chi connectivity index (χ2n) is 8.65. The molecule has 0 atom stereocenters. The van der Waals surface area contributed by atoms with Gasteiger partial charge in [-0.3, -0.25) is 4.90 Å². The van der Waals surface area contributed by atoms with Crippen molar-refractivity contribution in [2.45, 2.75) is 5.52 Å². The van der Waals surface area contributed by atoms with Gasteiger partial charge in [0.2, 0.25) is 0 Å². The number of morpholine rings is 1. The molecular formula is C29H29NO3P2. The number of rotatable bonds is 7. The van der Waals surface area contributed by atoms with Gasteiger partial charge in [0.05, 0.1) is 13.2 Å². The molecule has 1 fully saturated rings. The Kier molecular flexibility index (Phi) is 7.18. The molecule has 1 aliphatic rings. The van der Waals surface area contributed by atoms with Crippen molar-refractivity contribution in [2.24, 2.45) is 0 Å². The summed E-state index contributed by atoms with van der Waals surface area (Å²) in [5, 5.41) is 2.87. The van der Waals surface area contributed by atoms with Crippen molar-refractivity contribution in [3.05, 3.63) is 121 Å². The highest BCUT2D eigenvalue weighted by molar-refractivity contribution is 7.95. The number of nitrogens with zero attached hydrogens (tertiary/aromatic N) is 1. The van der Waals surface area contributed by atoms with E-state index in [1.807, 2.05) is 121 Å². The Balaban J connectivity index is 1.86. The number of benzene rings is 4. The molecule has 5 rings (SSSR count). The van der Waals surface area contributed by atoms with Crippen molar-refractivity contribution in [1.82, 2.24) is 4.90 Å². The van der Waals surface area contributed by atoms with Crippen LogP contribution in [0.25, 0.3) is 0 Å². The van der Waals surface area contributed by atoms with Crippen molar-refractivity contribution >= 4 is 35.5 Å². The maximum atomic E-state index is 15.8. The summed E-state index contributed by atoms with van der Waals surface area (Å²) >= 11 is 0. The Labute approximate surface area is 207 Å². The van der Waals surface area contributed by atoms with Crippen LogP contribution >= 0.6 is 14.3 Å². The fourth-order valence-corrected chi connectivity index (χ4v) is 13.9. The lowest BCUT2D eigenvalue weighted by Crippen LogP contribution is -2.49. The zero-order valence-corrected chi connectivity index (χ0v) is 21.3. The first-order valence-corrected chi connectivity index (χ1v) is 15.4. The standard InChI is InChI=1S/C29H29NO3P2/c31-34(25-13-5-1-6-14-25,26-15-7-2-8-16-26)29(30-21-23-33-24-22-30)35(32,27-17-9-3-10-18-27)28-19-11-4-12-20-28/h1-20,29H,21-24H2. The summed E-state index contributed by atoms with van der Waals surface area (Å²) in [4.78, 5) is 2.16. The van der Waals surface area contributed by atoms with E-state index in [2.05, 4.69) is 4.90 Å². The minimum Gasteiger partial charge on any atom is -0.379 e. The summed E-state index contributed by atoms with van der Waals surface area (Å²) in [6, 6.07) is 38.4. The van der Waals surface area contributed by atoms with E-state index in [1.54, 1.807) is 0 Å². The van der Waals surface area contributed by atoms with E-state index in [4.69, 9.17) is 4.74 Å². The van der Waals surface area contributed by atoms with Gasteiger partial charge in [-0.25, -0.2) is 0 Å². The van der Waals surface area contributed by atoms with E-state index in [9.17, 15) is 0 Å². The second kappa shape index (κ2) is 10.5. The van der Waals surface area contributed by atoms with E-state index in [1.165, 1.54) is 0 Å². The quantitative estimate of drug-likeness (QED) is 0.347. The van der Waals surface area contributed by atoms with Crippen molar-refractivity contribution in [3.8, 4) is 0 Å². The fourth-order valence-electron chi connectivity index (χ4n) is 4.93. The van der Waals surface area contributed by atoms with Crippen LogP contribution in [0.5, 0.6) is 0 Å². The third kappa shape index (κ3) is 4.48. The summed E-state index contributed by atoms with van der Waals surface area (Å²) in [5.41, 5.74) is -0.742. The summed E-state index contributed by atoms with van der Waals surface area (Å²) < 4.78 is 37.2. The molecule has 1 aliphatic heterocycles. The van der Waals surface area contributed by atoms with Gasteiger partial charge < -0.3 is 13.9 Å². The predicted octanol–water partition coefficient (Wildman–Crippen LogP) is 4.63. The van der Waals surface area contributed by atoms with Crippen LogP contribution in [0.15, 0.2) is 121 Å². The highest BCUT2D eigenvalue weighted by Gasteiger charge is 2.52. The Morgan fingerprint density at radius 1 is 0.514 bits per heavy atom. The molecule has 4 aromatic rings. The van der Waals surface area contributed by atoms with E-state index in [0.29, 0.717) is 26.3 Å². The van der Waals surface area contributed by atoms with E-state index < -0.39 is 19.8 Å². The molecule has 0 aliphatic carbocycles. The summed E-state index contributed by atoms with van der Waals surface area (Å²) in [6.45, 7) is 2.17. The lowest BCUT2D eigenvalue weighted by molar-refractivity contribution is 0.0412. The average molecular weight is 502 g/mol. The SMILES string of the molecule is O=P(c1ccccc1)(c1ccccc1)C(N1CCOCC1)P(=O)(c1ccccc1)c1ccccc1. The topological polar surface area (TPSA) is 46.6 Å². The first kappa shape index (κ1) is 24.0. The summed E-state index contributed by atoms with van der Waals surface area (Å²) in [7, 11) is -6.90. The van der Waals surface area contributed by atoms with Gasteiger partial charge in [0, 0.05) is 34.3 Å². The van der Waals surface area contributed by atoms with Gasteiger partial charge in [-0.05, 0) is 0 Å². The molecule has 0 amide bonds. The second-order valence-corrected chi connectivity index (χ2v) is 14.7. The number of hydrogen-bond donors (Lipinski definition) is 0. The molecule has 35 heavy (non-hydrogen) atoms. The molecule has 0 radical (unpaired) electrons. The van der Waals surface area contributed by atoms with Crippen LogP contribution in [0.1, 0.15) is 0 Å². The Morgan fingerprint density at radius 3 is 1.09 bits per heavy atom. The molecule has 4 nitrogen and oxygen atoms in total. The molecule has 0 unspecified atom stereocenters. The Morgan fingerprint density at radius 2 is 0.800 bits per heavy atom. The summed E-state index contributed by atoms with van der Waals surface area (Å²) in [5.74, 6) is 0. The molecule has 0 N–H and O–H groups in total. The zero-order valence-electron chi connectivity index (χ0n) is 19.5. The minimum absolute atomic E-state index is 0.518. The maximum Gasteiger partial charge on any atom is 0.167 e. The van der Waals surface area contributed by atoms with Gasteiger partial charge in [0.25, 0.3) is 0 Å². The van der Waals surface area contributed by atoms with Crippen molar-refractivity contribution in [1.29, 1.82) is 0 Å². The normalized spacial score (nSPS) is 15.2. The average Bonchev–Trinajstić information content (AvgIpc) is 2.95. The van der Waals surface area contributed by atoms with Gasteiger partial charge >= 0.3 is 0 Å². The van der Waals surface area contributed by atoms with Crippen LogP contribution in [-0.2, 0) is 13.9 Å². The molecule has 0 spiro atoms. The smallest absolute Gasteiger partial charge is 0.167 e. The molecule has 4 aromatic carbocycles. The van der Waals surface area contributed by atoms with Gasteiger partial charge in [-0.2, -0.15) is 0 Å². The fraction of sp³-hybridized carbons (Fsp3) is 0.172. The zero-order chi connectivity index (χ0) is 24.1. The molecule has 178 valence electrons. The van der Waals surface area contributed by atoms with Crippen LogP contribution in [0.2, 0.25) is 0 Å². The monoisotopic (exact) mass is 501 g/mol. The summed E-state index contributed by atoms with van der Waals surface area (Å²) in [6.07, 6.45) is 0. The van der Waals surface area contributed by atoms with Crippen LogP contribution < -0.4 is 21.2 Å².